The second-order valence-corrected chi connectivity index (χ2v) is 3.00. The molecular formula is C8H12N4O. The molecule has 1 aromatic rings. The summed E-state index contributed by atoms with van der Waals surface area (Å²) in [5.41, 5.74) is 2.50. The highest BCUT2D eigenvalue weighted by atomic mass is 16.5. The van der Waals surface area contributed by atoms with Crippen LogP contribution in [0.3, 0.4) is 0 Å². The van der Waals surface area contributed by atoms with E-state index in [9.17, 15) is 0 Å². The second kappa shape index (κ2) is 3.68. The lowest BCUT2D eigenvalue weighted by Gasteiger charge is -2.06. The average molecular weight is 180 g/mol. The molecule has 1 aliphatic heterocycles. The van der Waals surface area contributed by atoms with E-state index in [1.54, 1.807) is 12.3 Å². The van der Waals surface area contributed by atoms with Gasteiger partial charge in [0.05, 0.1) is 6.61 Å². The fourth-order valence-electron chi connectivity index (χ4n) is 1.39. The third kappa shape index (κ3) is 1.76. The fraction of sp³-hybridized carbons (Fsp3) is 0.500. The van der Waals surface area contributed by atoms with Gasteiger partial charge in [-0.1, -0.05) is 0 Å². The Morgan fingerprint density at radius 3 is 3.23 bits per heavy atom. The minimum Gasteiger partial charge on any atom is -0.381 e. The van der Waals surface area contributed by atoms with Crippen molar-refractivity contribution >= 4 is 5.82 Å². The Bertz CT molecular complexity index is 285. The third-order valence-corrected chi connectivity index (χ3v) is 2.12. The zero-order valence-electron chi connectivity index (χ0n) is 7.23. The standard InChI is InChI=1S/C8H12N4O/c9-12-7-1-3-10-8(11-7)6-2-4-13-5-6/h1,3,6H,2,4-5,9H2,(H,10,11,12). The lowest BCUT2D eigenvalue weighted by molar-refractivity contribution is 0.193. The van der Waals surface area contributed by atoms with Gasteiger partial charge in [-0.05, 0) is 6.42 Å². The van der Waals surface area contributed by atoms with Crippen LogP contribution in [0, 0.1) is 0 Å². The summed E-state index contributed by atoms with van der Waals surface area (Å²) < 4.78 is 5.25. The van der Waals surface area contributed by atoms with Crippen molar-refractivity contribution in [3.8, 4) is 0 Å². The first-order chi connectivity index (χ1) is 6.40. The van der Waals surface area contributed by atoms with Crippen LogP contribution in [0.1, 0.15) is 18.2 Å². The van der Waals surface area contributed by atoms with Gasteiger partial charge in [0, 0.05) is 24.8 Å². The Balaban J connectivity index is 2.18. The zero-order valence-corrected chi connectivity index (χ0v) is 7.23. The minimum atomic E-state index is 0.327. The van der Waals surface area contributed by atoms with E-state index in [2.05, 4.69) is 15.4 Å². The minimum absolute atomic E-state index is 0.327. The van der Waals surface area contributed by atoms with E-state index in [4.69, 9.17) is 10.6 Å². The highest BCUT2D eigenvalue weighted by molar-refractivity contribution is 5.31. The van der Waals surface area contributed by atoms with Crippen molar-refractivity contribution in [2.75, 3.05) is 18.6 Å². The van der Waals surface area contributed by atoms with Gasteiger partial charge >= 0.3 is 0 Å². The molecule has 2 heterocycles. The first-order valence-corrected chi connectivity index (χ1v) is 4.27. The summed E-state index contributed by atoms with van der Waals surface area (Å²) >= 11 is 0. The van der Waals surface area contributed by atoms with E-state index in [0.29, 0.717) is 18.3 Å². The van der Waals surface area contributed by atoms with Crippen molar-refractivity contribution in [3.05, 3.63) is 18.1 Å². The Labute approximate surface area is 76.3 Å². The molecule has 0 saturated carbocycles. The average Bonchev–Trinajstić information content (AvgIpc) is 2.71. The highest BCUT2D eigenvalue weighted by Crippen LogP contribution is 2.22. The molecule has 0 radical (unpaired) electrons. The van der Waals surface area contributed by atoms with Crippen molar-refractivity contribution in [2.45, 2.75) is 12.3 Å². The van der Waals surface area contributed by atoms with Crippen LogP contribution < -0.4 is 11.3 Å². The van der Waals surface area contributed by atoms with Crippen molar-refractivity contribution < 1.29 is 4.74 Å². The molecule has 70 valence electrons. The van der Waals surface area contributed by atoms with Gasteiger partial charge in [-0.15, -0.1) is 0 Å². The summed E-state index contributed by atoms with van der Waals surface area (Å²) in [6.45, 7) is 1.52. The molecule has 1 aliphatic rings. The first-order valence-electron chi connectivity index (χ1n) is 4.27. The summed E-state index contributed by atoms with van der Waals surface area (Å²) in [5, 5.41) is 0. The first kappa shape index (κ1) is 8.40. The molecule has 3 N–H and O–H groups in total. The largest absolute Gasteiger partial charge is 0.381 e. The summed E-state index contributed by atoms with van der Waals surface area (Å²) in [5.74, 6) is 7.04. The lowest BCUT2D eigenvalue weighted by atomic mass is 10.1. The number of nitrogens with two attached hydrogens (primary N) is 1. The number of rotatable bonds is 2. The summed E-state index contributed by atoms with van der Waals surface area (Å²) in [6, 6.07) is 1.74. The molecule has 0 bridgehead atoms. The van der Waals surface area contributed by atoms with E-state index < -0.39 is 0 Å². The topological polar surface area (TPSA) is 73.1 Å². The molecule has 0 spiro atoms. The van der Waals surface area contributed by atoms with Crippen LogP contribution in [0.5, 0.6) is 0 Å². The molecule has 5 heteroatoms. The quantitative estimate of drug-likeness (QED) is 0.504. The van der Waals surface area contributed by atoms with Gasteiger partial charge in [-0.2, -0.15) is 0 Å². The van der Waals surface area contributed by atoms with Crippen LogP contribution >= 0.6 is 0 Å². The van der Waals surface area contributed by atoms with Crippen molar-refractivity contribution in [1.29, 1.82) is 0 Å². The van der Waals surface area contributed by atoms with E-state index in [-0.39, 0.29) is 0 Å². The summed E-state index contributed by atoms with van der Waals surface area (Å²) in [6.07, 6.45) is 2.70. The van der Waals surface area contributed by atoms with Gasteiger partial charge in [0.15, 0.2) is 0 Å². The zero-order chi connectivity index (χ0) is 9.10. The Morgan fingerprint density at radius 1 is 1.62 bits per heavy atom. The SMILES string of the molecule is NNc1ccnc(C2CCOC2)n1. The molecule has 1 fully saturated rings. The number of nitrogens with one attached hydrogen (secondary N) is 1. The molecule has 0 aromatic carbocycles. The number of nitrogens with zero attached hydrogens (tertiary/aromatic N) is 2. The predicted octanol–water partition coefficient (Wildman–Crippen LogP) is 0.266. The normalized spacial score (nSPS) is 21.8. The Kier molecular flexibility index (Phi) is 2.37. The smallest absolute Gasteiger partial charge is 0.143 e. The summed E-state index contributed by atoms with van der Waals surface area (Å²) in [4.78, 5) is 8.43. The van der Waals surface area contributed by atoms with Crippen LogP contribution in [0.4, 0.5) is 5.82 Å². The monoisotopic (exact) mass is 180 g/mol. The van der Waals surface area contributed by atoms with E-state index in [1.807, 2.05) is 0 Å². The van der Waals surface area contributed by atoms with Gasteiger partial charge in [-0.25, -0.2) is 15.8 Å². The molecule has 13 heavy (non-hydrogen) atoms. The third-order valence-electron chi connectivity index (χ3n) is 2.12. The van der Waals surface area contributed by atoms with Crippen molar-refractivity contribution in [1.82, 2.24) is 9.97 Å². The van der Waals surface area contributed by atoms with Crippen LogP contribution in [0.25, 0.3) is 0 Å². The molecule has 2 rings (SSSR count). The van der Waals surface area contributed by atoms with E-state index in [1.165, 1.54) is 0 Å². The number of hydrazine groups is 1. The summed E-state index contributed by atoms with van der Waals surface area (Å²) in [7, 11) is 0. The number of ether oxygens (including phenoxy) is 1. The number of anilines is 1. The Morgan fingerprint density at radius 2 is 2.54 bits per heavy atom. The second-order valence-electron chi connectivity index (χ2n) is 3.00. The number of hydrogen-bond acceptors (Lipinski definition) is 5. The number of nitrogen functional groups attached to an aromatic ring is 1. The Hall–Kier alpha value is -1.20. The van der Waals surface area contributed by atoms with Crippen LogP contribution in [0.15, 0.2) is 12.3 Å². The van der Waals surface area contributed by atoms with Gasteiger partial charge < -0.3 is 10.2 Å². The van der Waals surface area contributed by atoms with Crippen molar-refractivity contribution in [2.24, 2.45) is 5.84 Å². The molecule has 1 atom stereocenters. The fourth-order valence-corrected chi connectivity index (χ4v) is 1.39. The molecular weight excluding hydrogens is 168 g/mol. The van der Waals surface area contributed by atoms with Gasteiger partial charge in [0.25, 0.3) is 0 Å². The maximum absolute atomic E-state index is 5.25. The maximum atomic E-state index is 5.25. The van der Waals surface area contributed by atoms with Gasteiger partial charge in [0.1, 0.15) is 11.6 Å². The molecule has 1 aromatic heterocycles. The van der Waals surface area contributed by atoms with Crippen LogP contribution in [0.2, 0.25) is 0 Å². The van der Waals surface area contributed by atoms with Crippen LogP contribution in [-0.2, 0) is 4.74 Å². The molecule has 1 unspecified atom stereocenters. The predicted molar refractivity (Wildman–Crippen MR) is 48.0 cm³/mol. The van der Waals surface area contributed by atoms with E-state index in [0.717, 1.165) is 18.9 Å². The molecule has 5 nitrogen and oxygen atoms in total. The number of hydrogen-bond donors (Lipinski definition) is 2. The van der Waals surface area contributed by atoms with Gasteiger partial charge in [-0.3, -0.25) is 0 Å². The van der Waals surface area contributed by atoms with Crippen LogP contribution in [-0.4, -0.2) is 23.2 Å². The maximum Gasteiger partial charge on any atom is 0.143 e. The lowest BCUT2D eigenvalue weighted by Crippen LogP contribution is -2.11. The number of aromatic nitrogens is 2. The van der Waals surface area contributed by atoms with E-state index >= 15 is 0 Å². The molecule has 0 amide bonds. The van der Waals surface area contributed by atoms with Gasteiger partial charge in [0.2, 0.25) is 0 Å². The highest BCUT2D eigenvalue weighted by Gasteiger charge is 2.20. The van der Waals surface area contributed by atoms with Crippen molar-refractivity contribution in [3.63, 3.8) is 0 Å². The molecule has 1 saturated heterocycles. The molecule has 0 aliphatic carbocycles.